The van der Waals surface area contributed by atoms with Crippen molar-refractivity contribution in [3.05, 3.63) is 47.0 Å². The molecular formula is C19H25N5O2S. The van der Waals surface area contributed by atoms with Crippen LogP contribution >= 0.6 is 12.2 Å². The number of imidazole rings is 1. The predicted octanol–water partition coefficient (Wildman–Crippen LogP) is 1.82. The number of para-hydroxylation sites is 1. The summed E-state index contributed by atoms with van der Waals surface area (Å²) in [6, 6.07) is 9.74. The van der Waals surface area contributed by atoms with E-state index in [0.717, 1.165) is 5.69 Å². The molecule has 0 saturated carbocycles. The van der Waals surface area contributed by atoms with Gasteiger partial charge in [-0.3, -0.25) is 19.1 Å². The lowest BCUT2D eigenvalue weighted by atomic mass is 10.2. The maximum Gasteiger partial charge on any atom is 0.272 e. The third kappa shape index (κ3) is 4.64. The van der Waals surface area contributed by atoms with E-state index in [1.165, 1.54) is 0 Å². The van der Waals surface area contributed by atoms with Gasteiger partial charge >= 0.3 is 0 Å². The minimum atomic E-state index is -0.0579. The summed E-state index contributed by atoms with van der Waals surface area (Å²) < 4.78 is 2.26. The van der Waals surface area contributed by atoms with Gasteiger partial charge in [0.2, 0.25) is 5.91 Å². The van der Waals surface area contributed by atoms with Crippen molar-refractivity contribution < 1.29 is 9.59 Å². The maximum absolute atomic E-state index is 13.0. The fourth-order valence-electron chi connectivity index (χ4n) is 3.20. The standard InChI is InChI=1S/C19H25N5O2S/c1-14(2)21-17(25)13-22-8-10-23(11-9-22)18(26)16-12-20-19(27)24(16)15-6-4-3-5-7-15/h3-7,12,14H,8-11,13H2,1-2H3,(H,20,27)(H,21,25). The molecule has 144 valence electrons. The molecule has 8 heteroatoms. The number of hydrogen-bond donors (Lipinski definition) is 2. The molecule has 2 amide bonds. The fraction of sp³-hybridized carbons (Fsp3) is 0.421. The second-order valence-corrected chi connectivity index (χ2v) is 7.33. The maximum atomic E-state index is 13.0. The van der Waals surface area contributed by atoms with Crippen LogP contribution in [-0.4, -0.2) is 69.9 Å². The van der Waals surface area contributed by atoms with Crippen molar-refractivity contribution in [1.82, 2.24) is 24.7 Å². The van der Waals surface area contributed by atoms with Crippen LogP contribution in [0.2, 0.25) is 0 Å². The molecule has 1 aliphatic rings. The van der Waals surface area contributed by atoms with Crippen LogP contribution in [0.15, 0.2) is 36.5 Å². The zero-order chi connectivity index (χ0) is 19.4. The monoisotopic (exact) mass is 387 g/mol. The van der Waals surface area contributed by atoms with Gasteiger partial charge in [0.05, 0.1) is 6.54 Å². The van der Waals surface area contributed by atoms with E-state index in [4.69, 9.17) is 12.2 Å². The molecule has 2 N–H and O–H groups in total. The van der Waals surface area contributed by atoms with E-state index in [1.807, 2.05) is 49.1 Å². The number of hydrogen-bond acceptors (Lipinski definition) is 4. The summed E-state index contributed by atoms with van der Waals surface area (Å²) in [5.41, 5.74) is 1.38. The Balaban J connectivity index is 1.66. The van der Waals surface area contributed by atoms with Gasteiger partial charge in [-0.05, 0) is 38.2 Å². The topological polar surface area (TPSA) is 73.4 Å². The number of nitrogens with one attached hydrogen (secondary N) is 2. The van der Waals surface area contributed by atoms with Crippen LogP contribution in [0.1, 0.15) is 24.3 Å². The first-order chi connectivity index (χ1) is 13.0. The Morgan fingerprint density at radius 2 is 1.81 bits per heavy atom. The molecule has 0 radical (unpaired) electrons. The molecule has 0 bridgehead atoms. The Morgan fingerprint density at radius 1 is 1.15 bits per heavy atom. The summed E-state index contributed by atoms with van der Waals surface area (Å²) in [5, 5.41) is 2.90. The molecule has 1 saturated heterocycles. The summed E-state index contributed by atoms with van der Waals surface area (Å²) >= 11 is 5.36. The van der Waals surface area contributed by atoms with E-state index < -0.39 is 0 Å². The molecule has 2 aromatic rings. The lowest BCUT2D eigenvalue weighted by Crippen LogP contribution is -2.51. The zero-order valence-electron chi connectivity index (χ0n) is 15.6. The number of aromatic nitrogens is 2. The Bertz CT molecular complexity index is 850. The Labute approximate surface area is 164 Å². The summed E-state index contributed by atoms with van der Waals surface area (Å²) in [5.74, 6) is -0.0365. The fourth-order valence-corrected chi connectivity index (χ4v) is 3.46. The summed E-state index contributed by atoms with van der Waals surface area (Å²) in [7, 11) is 0. The van der Waals surface area contributed by atoms with Crippen LogP contribution in [0, 0.1) is 4.77 Å². The largest absolute Gasteiger partial charge is 0.353 e. The molecular weight excluding hydrogens is 362 g/mol. The van der Waals surface area contributed by atoms with E-state index in [2.05, 4.69) is 15.2 Å². The van der Waals surface area contributed by atoms with Gasteiger partial charge in [0.15, 0.2) is 4.77 Å². The number of amides is 2. The summed E-state index contributed by atoms with van der Waals surface area (Å²) in [6.07, 6.45) is 1.67. The Hall–Kier alpha value is -2.45. The van der Waals surface area contributed by atoms with Crippen LogP contribution in [0.4, 0.5) is 0 Å². The molecule has 0 aliphatic carbocycles. The Kier molecular flexibility index (Phi) is 6.08. The van der Waals surface area contributed by atoms with Gasteiger partial charge in [-0.15, -0.1) is 0 Å². The van der Waals surface area contributed by atoms with Crippen LogP contribution in [0.3, 0.4) is 0 Å². The number of nitrogens with zero attached hydrogens (tertiary/aromatic N) is 3. The van der Waals surface area contributed by atoms with Crippen LogP contribution in [0.5, 0.6) is 0 Å². The first-order valence-electron chi connectivity index (χ1n) is 9.12. The highest BCUT2D eigenvalue weighted by molar-refractivity contribution is 7.71. The van der Waals surface area contributed by atoms with Crippen LogP contribution < -0.4 is 5.32 Å². The van der Waals surface area contributed by atoms with Crippen LogP contribution in [0.25, 0.3) is 5.69 Å². The molecule has 1 aromatic carbocycles. The number of H-pyrrole nitrogens is 1. The van der Waals surface area contributed by atoms with Crippen molar-refractivity contribution in [3.63, 3.8) is 0 Å². The van der Waals surface area contributed by atoms with Crippen molar-refractivity contribution >= 4 is 24.0 Å². The van der Waals surface area contributed by atoms with Gasteiger partial charge in [-0.2, -0.15) is 0 Å². The van der Waals surface area contributed by atoms with Crippen LogP contribution in [-0.2, 0) is 4.79 Å². The van der Waals surface area contributed by atoms with Crippen molar-refractivity contribution in [1.29, 1.82) is 0 Å². The SMILES string of the molecule is CC(C)NC(=O)CN1CCN(C(=O)c2c[nH]c(=S)n2-c2ccccc2)CC1. The number of aromatic amines is 1. The molecule has 27 heavy (non-hydrogen) atoms. The van der Waals surface area contributed by atoms with Gasteiger partial charge in [-0.25, -0.2) is 0 Å². The van der Waals surface area contributed by atoms with E-state index in [-0.39, 0.29) is 17.9 Å². The quantitative estimate of drug-likeness (QED) is 0.768. The number of rotatable bonds is 5. The number of carbonyl (C=O) groups is 2. The molecule has 0 spiro atoms. The molecule has 7 nitrogen and oxygen atoms in total. The van der Waals surface area contributed by atoms with E-state index in [1.54, 1.807) is 10.8 Å². The normalized spacial score (nSPS) is 15.1. The smallest absolute Gasteiger partial charge is 0.272 e. The zero-order valence-corrected chi connectivity index (χ0v) is 16.5. The van der Waals surface area contributed by atoms with Crippen molar-refractivity contribution in [2.75, 3.05) is 32.7 Å². The molecule has 3 rings (SSSR count). The average molecular weight is 388 g/mol. The molecule has 2 heterocycles. The lowest BCUT2D eigenvalue weighted by molar-refractivity contribution is -0.123. The molecule has 1 aromatic heterocycles. The van der Waals surface area contributed by atoms with Crippen molar-refractivity contribution in [2.45, 2.75) is 19.9 Å². The number of carbonyl (C=O) groups excluding carboxylic acids is 2. The van der Waals surface area contributed by atoms with Gasteiger partial charge < -0.3 is 15.2 Å². The second kappa shape index (κ2) is 8.49. The average Bonchev–Trinajstić information content (AvgIpc) is 3.03. The number of piperazine rings is 1. The first kappa shape index (κ1) is 19.3. The third-order valence-corrected chi connectivity index (χ3v) is 4.79. The van der Waals surface area contributed by atoms with Crippen molar-refractivity contribution in [2.24, 2.45) is 0 Å². The highest BCUT2D eigenvalue weighted by atomic mass is 32.1. The van der Waals surface area contributed by atoms with E-state index >= 15 is 0 Å². The van der Waals surface area contributed by atoms with Crippen molar-refractivity contribution in [3.8, 4) is 5.69 Å². The predicted molar refractivity (Wildman–Crippen MR) is 107 cm³/mol. The third-order valence-electron chi connectivity index (χ3n) is 4.49. The van der Waals surface area contributed by atoms with Gasteiger partial charge in [0, 0.05) is 44.1 Å². The minimum Gasteiger partial charge on any atom is -0.353 e. The lowest BCUT2D eigenvalue weighted by Gasteiger charge is -2.34. The molecule has 0 unspecified atom stereocenters. The Morgan fingerprint density at radius 3 is 2.44 bits per heavy atom. The summed E-state index contributed by atoms with van der Waals surface area (Å²) in [4.78, 5) is 31.8. The first-order valence-corrected chi connectivity index (χ1v) is 9.53. The van der Waals surface area contributed by atoms with E-state index in [0.29, 0.717) is 43.2 Å². The number of benzene rings is 1. The summed E-state index contributed by atoms with van der Waals surface area (Å²) in [6.45, 7) is 6.77. The molecule has 1 aliphatic heterocycles. The molecule has 0 atom stereocenters. The van der Waals surface area contributed by atoms with E-state index in [9.17, 15) is 9.59 Å². The minimum absolute atomic E-state index is 0.0214. The molecule has 1 fully saturated rings. The highest BCUT2D eigenvalue weighted by Crippen LogP contribution is 2.15. The second-order valence-electron chi connectivity index (χ2n) is 6.94. The van der Waals surface area contributed by atoms with Gasteiger partial charge in [0.1, 0.15) is 5.69 Å². The van der Waals surface area contributed by atoms with Gasteiger partial charge in [-0.1, -0.05) is 18.2 Å². The highest BCUT2D eigenvalue weighted by Gasteiger charge is 2.26. The van der Waals surface area contributed by atoms with Gasteiger partial charge in [0.25, 0.3) is 5.91 Å².